The van der Waals surface area contributed by atoms with Gasteiger partial charge in [0, 0.05) is 23.5 Å². The van der Waals surface area contributed by atoms with Crippen molar-refractivity contribution in [3.63, 3.8) is 0 Å². The number of anilines is 2. The smallest absolute Gasteiger partial charge is 0.320 e. The average molecular weight is 545 g/mol. The Morgan fingerprint density at radius 1 is 0.629 bits per heavy atom. The third-order valence-electron chi connectivity index (χ3n) is 3.72. The van der Waals surface area contributed by atoms with Crippen LogP contribution in [0.4, 0.5) is 78.5 Å². The Labute approximate surface area is 181 Å². The van der Waals surface area contributed by atoms with Gasteiger partial charge in [0.25, 0.3) is 5.69 Å². The quantitative estimate of drug-likeness (QED) is 0.282. The summed E-state index contributed by atoms with van der Waals surface area (Å²) < 4.78 is 178. The van der Waals surface area contributed by atoms with Gasteiger partial charge in [0.15, 0.2) is 0 Å². The molecule has 2 amide bonds. The van der Waals surface area contributed by atoms with E-state index in [9.17, 15) is 81.2 Å². The molecule has 0 aliphatic heterocycles. The summed E-state index contributed by atoms with van der Waals surface area (Å²) in [5, 5.41) is 12.0. The van der Waals surface area contributed by atoms with Crippen molar-refractivity contribution in [3.8, 4) is 0 Å². The number of hydrogen-bond donors (Lipinski definition) is 2. The largest absolute Gasteiger partial charge is 0.460 e. The normalized spacial score (nSPS) is 13.9. The number of benzene rings is 1. The highest BCUT2D eigenvalue weighted by atomic mass is 19.4. The number of nitro groups is 1. The van der Waals surface area contributed by atoms with Crippen molar-refractivity contribution in [2.75, 3.05) is 10.6 Å². The van der Waals surface area contributed by atoms with Gasteiger partial charge in [0.2, 0.25) is 0 Å². The first-order chi connectivity index (χ1) is 15.3. The van der Waals surface area contributed by atoms with Crippen molar-refractivity contribution < 1.29 is 76.0 Å². The van der Waals surface area contributed by atoms with Crippen LogP contribution in [0.2, 0.25) is 0 Å². The van der Waals surface area contributed by atoms with E-state index in [1.165, 1.54) is 0 Å². The summed E-state index contributed by atoms with van der Waals surface area (Å²) in [6.45, 7) is 0. The maximum absolute atomic E-state index is 13.4. The van der Waals surface area contributed by atoms with Crippen LogP contribution in [0.1, 0.15) is 0 Å². The van der Waals surface area contributed by atoms with Crippen LogP contribution in [0.15, 0.2) is 18.2 Å². The first-order valence-electron chi connectivity index (χ1n) is 7.87. The zero-order valence-corrected chi connectivity index (χ0v) is 15.6. The molecular weight excluding hydrogens is 540 g/mol. The lowest BCUT2D eigenvalue weighted by Crippen LogP contribution is -2.58. The molecule has 0 atom stereocenters. The molecule has 0 bridgehead atoms. The fourth-order valence-corrected chi connectivity index (χ4v) is 1.92. The van der Waals surface area contributed by atoms with E-state index in [1.807, 2.05) is 0 Å². The molecule has 0 spiro atoms. The van der Waals surface area contributed by atoms with Gasteiger partial charge in [-0.2, -0.15) is 61.5 Å². The molecule has 0 radical (unpaired) electrons. The van der Waals surface area contributed by atoms with Crippen LogP contribution in [0.25, 0.3) is 0 Å². The second kappa shape index (κ2) is 8.66. The third-order valence-corrected chi connectivity index (χ3v) is 3.72. The number of rotatable bonds is 7. The van der Waals surface area contributed by atoms with Crippen LogP contribution in [0, 0.1) is 10.1 Å². The molecule has 21 heteroatoms. The van der Waals surface area contributed by atoms with Gasteiger partial charge in [-0.05, 0) is 6.07 Å². The highest BCUT2D eigenvalue weighted by Crippen LogP contribution is 2.48. The molecule has 0 aliphatic rings. The molecule has 0 heterocycles. The second-order valence-electron chi connectivity index (χ2n) is 6.23. The minimum atomic E-state index is -7.01. The Bertz CT molecular complexity index is 948. The highest BCUT2D eigenvalue weighted by Gasteiger charge is 2.77. The van der Waals surface area contributed by atoms with Gasteiger partial charge in [-0.15, -0.1) is 0 Å². The molecule has 0 saturated heterocycles. The van der Waals surface area contributed by atoms with E-state index >= 15 is 0 Å². The molecule has 7 nitrogen and oxygen atoms in total. The lowest BCUT2D eigenvalue weighted by Gasteiger charge is -2.27. The van der Waals surface area contributed by atoms with Gasteiger partial charge in [0.1, 0.15) is 0 Å². The molecule has 1 aromatic carbocycles. The maximum Gasteiger partial charge on any atom is 0.460 e. The number of halogens is 14. The maximum atomic E-state index is 13.4. The molecule has 35 heavy (non-hydrogen) atoms. The minimum absolute atomic E-state index is 0.0577. The van der Waals surface area contributed by atoms with Crippen LogP contribution < -0.4 is 10.6 Å². The van der Waals surface area contributed by atoms with Crippen molar-refractivity contribution in [1.82, 2.24) is 0 Å². The van der Waals surface area contributed by atoms with Gasteiger partial charge in [0.05, 0.1) is 4.92 Å². The van der Waals surface area contributed by atoms with Crippen LogP contribution in [0.5, 0.6) is 0 Å². The number of non-ortho nitro benzene ring substituents is 1. The highest BCUT2D eigenvalue weighted by molar-refractivity contribution is 6.00. The lowest BCUT2D eigenvalue weighted by atomic mass is 10.1. The lowest BCUT2D eigenvalue weighted by molar-refractivity contribution is -0.384. The number of hydrogen-bond acceptors (Lipinski definition) is 4. The van der Waals surface area contributed by atoms with Crippen molar-refractivity contribution >= 4 is 28.9 Å². The fraction of sp³-hybridized carbons (Fsp3) is 0.429. The van der Waals surface area contributed by atoms with Gasteiger partial charge in [-0.25, -0.2) is 0 Å². The van der Waals surface area contributed by atoms with Crippen molar-refractivity contribution in [1.29, 1.82) is 0 Å². The van der Waals surface area contributed by atoms with Crippen LogP contribution in [-0.2, 0) is 9.59 Å². The summed E-state index contributed by atoms with van der Waals surface area (Å²) in [5.41, 5.74) is -4.65. The Balaban J connectivity index is 3.40. The van der Waals surface area contributed by atoms with Crippen LogP contribution in [0.3, 0.4) is 0 Å². The molecule has 2 N–H and O–H groups in total. The Morgan fingerprint density at radius 2 is 0.914 bits per heavy atom. The number of carbonyl (C=O) groups is 2. The zero-order chi connectivity index (χ0) is 28.0. The number of carbonyl (C=O) groups excluding carboxylic acids is 2. The van der Waals surface area contributed by atoms with Crippen molar-refractivity contribution in [2.24, 2.45) is 0 Å². The van der Waals surface area contributed by atoms with Crippen LogP contribution in [-0.4, -0.2) is 52.8 Å². The zero-order valence-electron chi connectivity index (χ0n) is 15.6. The predicted octanol–water partition coefficient (Wildman–Crippen LogP) is 5.14. The van der Waals surface area contributed by atoms with E-state index < -0.39 is 69.8 Å². The fourth-order valence-electron chi connectivity index (χ4n) is 1.92. The summed E-state index contributed by atoms with van der Waals surface area (Å²) >= 11 is 0. The summed E-state index contributed by atoms with van der Waals surface area (Å²) in [6.07, 6.45) is -14.0. The van der Waals surface area contributed by atoms with Gasteiger partial charge < -0.3 is 10.6 Å². The number of nitrogens with one attached hydrogen (secondary N) is 2. The third kappa shape index (κ3) is 5.31. The SMILES string of the molecule is O=C(Nc1cc(NC(=O)C(F)(F)C(F)(F)C(F)(F)F)cc([N+](=O)[O-])c1)C(F)(F)C(F)(F)C(F)(F)F. The molecule has 0 unspecified atom stereocenters. The van der Waals surface area contributed by atoms with Gasteiger partial charge >= 0.3 is 47.9 Å². The minimum Gasteiger partial charge on any atom is -0.320 e. The summed E-state index contributed by atoms with van der Waals surface area (Å²) in [7, 11) is 0. The van der Waals surface area contributed by atoms with E-state index in [0.29, 0.717) is 10.6 Å². The molecule has 0 fully saturated rings. The first kappa shape index (κ1) is 29.6. The number of nitrogens with zero attached hydrogens (tertiary/aromatic N) is 1. The average Bonchev–Trinajstić information content (AvgIpc) is 2.65. The molecule has 0 aliphatic carbocycles. The van der Waals surface area contributed by atoms with Gasteiger partial charge in [-0.1, -0.05) is 0 Å². The first-order valence-corrected chi connectivity index (χ1v) is 7.87. The topological polar surface area (TPSA) is 101 Å². The van der Waals surface area contributed by atoms with E-state index in [2.05, 4.69) is 0 Å². The van der Waals surface area contributed by atoms with Gasteiger partial charge in [-0.3, -0.25) is 19.7 Å². The Kier molecular flexibility index (Phi) is 7.33. The molecule has 1 aromatic rings. The van der Waals surface area contributed by atoms with Crippen molar-refractivity contribution in [3.05, 3.63) is 28.3 Å². The standard InChI is InChI=1S/C14H5F14N3O4/c15-9(16,11(19,20)13(23,24)25)7(32)29-4-1-5(3-6(2-4)31(34)35)30-8(33)10(17,18)12(21,22)14(26,27)28/h1-3H,(H,29,32)(H,30,33). The molecule has 1 rings (SSSR count). The molecule has 0 aromatic heterocycles. The van der Waals surface area contributed by atoms with Crippen LogP contribution >= 0.6 is 0 Å². The Hall–Kier alpha value is -3.42. The summed E-state index contributed by atoms with van der Waals surface area (Å²) in [4.78, 5) is 31.8. The molecule has 0 saturated carbocycles. The van der Waals surface area contributed by atoms with E-state index in [1.54, 1.807) is 0 Å². The molecule has 198 valence electrons. The predicted molar refractivity (Wildman–Crippen MR) is 82.3 cm³/mol. The van der Waals surface area contributed by atoms with E-state index in [0.717, 1.165) is 0 Å². The second-order valence-corrected chi connectivity index (χ2v) is 6.23. The monoisotopic (exact) mass is 545 g/mol. The van der Waals surface area contributed by atoms with Crippen molar-refractivity contribution in [2.45, 2.75) is 36.0 Å². The Morgan fingerprint density at radius 3 is 1.14 bits per heavy atom. The number of amides is 2. The summed E-state index contributed by atoms with van der Waals surface area (Å²) in [6, 6.07) is -0.262. The number of nitro benzene ring substituents is 1. The number of alkyl halides is 14. The van der Waals surface area contributed by atoms with E-state index in [-0.39, 0.29) is 18.2 Å². The summed E-state index contributed by atoms with van der Waals surface area (Å²) in [5.74, 6) is -34.1. The molecular formula is C14H5F14N3O4. The van der Waals surface area contributed by atoms with E-state index in [4.69, 9.17) is 0 Å².